The molecular formula is C17H28IN7. The Labute approximate surface area is 166 Å². The predicted octanol–water partition coefficient (Wildman–Crippen LogP) is 2.04. The lowest BCUT2D eigenvalue weighted by Crippen LogP contribution is -2.45. The van der Waals surface area contributed by atoms with Crippen LogP contribution in [0.4, 0.5) is 0 Å². The third-order valence-corrected chi connectivity index (χ3v) is 4.53. The summed E-state index contributed by atoms with van der Waals surface area (Å²) in [7, 11) is 3.80. The van der Waals surface area contributed by atoms with Crippen LogP contribution >= 0.6 is 24.0 Å². The van der Waals surface area contributed by atoms with Gasteiger partial charge in [0.05, 0.1) is 12.2 Å². The molecule has 2 aromatic rings. The van der Waals surface area contributed by atoms with Gasteiger partial charge in [0.25, 0.3) is 0 Å². The molecule has 1 atom stereocenters. The molecule has 8 heteroatoms. The molecule has 2 heterocycles. The summed E-state index contributed by atoms with van der Waals surface area (Å²) in [6.07, 6.45) is 9.06. The number of imidazole rings is 1. The van der Waals surface area contributed by atoms with Crippen molar-refractivity contribution in [2.45, 2.75) is 51.7 Å². The molecule has 1 aliphatic rings. The van der Waals surface area contributed by atoms with Crippen LogP contribution in [-0.2, 0) is 26.4 Å². The van der Waals surface area contributed by atoms with Crippen LogP contribution in [0.5, 0.6) is 0 Å². The second-order valence-corrected chi connectivity index (χ2v) is 6.64. The maximum Gasteiger partial charge on any atom is 0.191 e. The first kappa shape index (κ1) is 19.7. The Morgan fingerprint density at radius 1 is 1.44 bits per heavy atom. The molecule has 2 aromatic heterocycles. The zero-order valence-electron chi connectivity index (χ0n) is 15.4. The smallest absolute Gasteiger partial charge is 0.191 e. The zero-order chi connectivity index (χ0) is 17.1. The number of halogens is 1. The van der Waals surface area contributed by atoms with Crippen LogP contribution in [0.3, 0.4) is 0 Å². The Kier molecular flexibility index (Phi) is 6.86. The second kappa shape index (κ2) is 8.68. The van der Waals surface area contributed by atoms with E-state index in [1.54, 1.807) is 13.2 Å². The minimum absolute atomic E-state index is 0. The fraction of sp³-hybridized carbons (Fsp3) is 0.588. The van der Waals surface area contributed by atoms with E-state index in [1.807, 2.05) is 17.8 Å². The quantitative estimate of drug-likeness (QED) is 0.419. The highest BCUT2D eigenvalue weighted by Crippen LogP contribution is 2.21. The van der Waals surface area contributed by atoms with Crippen molar-refractivity contribution in [3.8, 4) is 0 Å². The fourth-order valence-electron chi connectivity index (χ4n) is 3.02. The standard InChI is InChI=1S/C17H27N7.HI/c1-12(2)24-11-13-5-6-14(9-15(13)22-24)21-17(18-3)20-10-16-19-7-8-23(16)4;/h7-8,11-12,14H,5-6,9-10H2,1-4H3,(H2,18,20,21);1H. The molecule has 1 aliphatic carbocycles. The lowest BCUT2D eigenvalue weighted by atomic mass is 9.94. The summed E-state index contributed by atoms with van der Waals surface area (Å²) in [6, 6.07) is 0.773. The first-order chi connectivity index (χ1) is 11.6. The van der Waals surface area contributed by atoms with E-state index in [2.05, 4.69) is 45.3 Å². The lowest BCUT2D eigenvalue weighted by molar-refractivity contribution is 0.499. The van der Waals surface area contributed by atoms with Crippen molar-refractivity contribution >= 4 is 29.9 Å². The highest BCUT2D eigenvalue weighted by molar-refractivity contribution is 14.0. The summed E-state index contributed by atoms with van der Waals surface area (Å²) >= 11 is 0. The van der Waals surface area contributed by atoms with Gasteiger partial charge in [0.1, 0.15) is 5.82 Å². The molecule has 1 unspecified atom stereocenters. The van der Waals surface area contributed by atoms with Gasteiger partial charge in [-0.1, -0.05) is 0 Å². The molecule has 0 aromatic carbocycles. The molecule has 25 heavy (non-hydrogen) atoms. The van der Waals surface area contributed by atoms with Crippen molar-refractivity contribution < 1.29 is 0 Å². The molecule has 0 amide bonds. The number of hydrogen-bond acceptors (Lipinski definition) is 3. The Hall–Kier alpha value is -1.58. The van der Waals surface area contributed by atoms with E-state index in [0.29, 0.717) is 18.6 Å². The summed E-state index contributed by atoms with van der Waals surface area (Å²) in [5.41, 5.74) is 2.60. The Morgan fingerprint density at radius 2 is 2.24 bits per heavy atom. The van der Waals surface area contributed by atoms with Gasteiger partial charge in [-0.2, -0.15) is 5.10 Å². The van der Waals surface area contributed by atoms with E-state index in [-0.39, 0.29) is 24.0 Å². The first-order valence-corrected chi connectivity index (χ1v) is 8.57. The topological polar surface area (TPSA) is 72.1 Å². The predicted molar refractivity (Wildman–Crippen MR) is 110 cm³/mol. The largest absolute Gasteiger partial charge is 0.353 e. The Bertz CT molecular complexity index is 716. The van der Waals surface area contributed by atoms with Gasteiger partial charge in [-0.25, -0.2) is 4.98 Å². The molecular weight excluding hydrogens is 429 g/mol. The number of aryl methyl sites for hydroxylation is 2. The number of fused-ring (bicyclic) bond motifs is 1. The normalized spacial score (nSPS) is 17.2. The maximum absolute atomic E-state index is 4.73. The first-order valence-electron chi connectivity index (χ1n) is 8.57. The summed E-state index contributed by atoms with van der Waals surface area (Å²) < 4.78 is 4.08. The van der Waals surface area contributed by atoms with Gasteiger partial charge >= 0.3 is 0 Å². The van der Waals surface area contributed by atoms with Crippen molar-refractivity contribution in [1.29, 1.82) is 0 Å². The molecule has 3 rings (SSSR count). The number of hydrogen-bond donors (Lipinski definition) is 2. The molecule has 7 nitrogen and oxygen atoms in total. The van der Waals surface area contributed by atoms with E-state index in [9.17, 15) is 0 Å². The fourth-order valence-corrected chi connectivity index (χ4v) is 3.02. The van der Waals surface area contributed by atoms with Crippen LogP contribution in [0.2, 0.25) is 0 Å². The van der Waals surface area contributed by atoms with Crippen molar-refractivity contribution in [2.75, 3.05) is 7.05 Å². The number of aliphatic imine (C=N–C) groups is 1. The Morgan fingerprint density at radius 3 is 2.88 bits per heavy atom. The minimum atomic E-state index is 0. The van der Waals surface area contributed by atoms with Crippen molar-refractivity contribution in [3.05, 3.63) is 35.7 Å². The molecule has 2 N–H and O–H groups in total. The van der Waals surface area contributed by atoms with Gasteiger partial charge in [-0.05, 0) is 32.3 Å². The van der Waals surface area contributed by atoms with Gasteiger partial charge in [-0.3, -0.25) is 9.67 Å². The SMILES string of the molecule is CN=C(NCc1nccn1C)NC1CCc2cn(C(C)C)nc2C1.I. The molecule has 0 saturated heterocycles. The highest BCUT2D eigenvalue weighted by Gasteiger charge is 2.23. The monoisotopic (exact) mass is 457 g/mol. The van der Waals surface area contributed by atoms with Gasteiger partial charge in [-0.15, -0.1) is 24.0 Å². The summed E-state index contributed by atoms with van der Waals surface area (Å²) in [5, 5.41) is 11.6. The van der Waals surface area contributed by atoms with Crippen LogP contribution in [0.1, 0.15) is 43.4 Å². The van der Waals surface area contributed by atoms with Crippen LogP contribution in [-0.4, -0.2) is 38.4 Å². The third kappa shape index (κ3) is 4.74. The molecule has 138 valence electrons. The van der Waals surface area contributed by atoms with E-state index in [0.717, 1.165) is 31.0 Å². The average molecular weight is 457 g/mol. The molecule has 0 fully saturated rings. The summed E-state index contributed by atoms with van der Waals surface area (Å²) in [6.45, 7) is 4.98. The van der Waals surface area contributed by atoms with E-state index < -0.39 is 0 Å². The van der Waals surface area contributed by atoms with Gasteiger partial charge < -0.3 is 15.2 Å². The molecule has 0 saturated carbocycles. The third-order valence-electron chi connectivity index (χ3n) is 4.53. The van der Waals surface area contributed by atoms with E-state index in [1.165, 1.54) is 11.3 Å². The second-order valence-electron chi connectivity index (χ2n) is 6.64. The minimum Gasteiger partial charge on any atom is -0.353 e. The van der Waals surface area contributed by atoms with Crippen molar-refractivity contribution in [2.24, 2.45) is 12.0 Å². The van der Waals surface area contributed by atoms with Crippen LogP contribution in [0, 0.1) is 0 Å². The zero-order valence-corrected chi connectivity index (χ0v) is 17.7. The number of nitrogens with zero attached hydrogens (tertiary/aromatic N) is 5. The van der Waals surface area contributed by atoms with E-state index >= 15 is 0 Å². The molecule has 0 bridgehead atoms. The van der Waals surface area contributed by atoms with Gasteiger partial charge in [0.15, 0.2) is 5.96 Å². The summed E-state index contributed by atoms with van der Waals surface area (Å²) in [4.78, 5) is 8.66. The van der Waals surface area contributed by atoms with Gasteiger partial charge in [0.2, 0.25) is 0 Å². The number of rotatable bonds is 4. The maximum atomic E-state index is 4.73. The van der Waals surface area contributed by atoms with Crippen LogP contribution < -0.4 is 10.6 Å². The number of guanidine groups is 1. The van der Waals surface area contributed by atoms with Crippen LogP contribution in [0.25, 0.3) is 0 Å². The lowest BCUT2D eigenvalue weighted by Gasteiger charge is -2.24. The molecule has 0 spiro atoms. The van der Waals surface area contributed by atoms with Gasteiger partial charge in [0, 0.05) is 51.2 Å². The molecule has 0 aliphatic heterocycles. The van der Waals surface area contributed by atoms with Crippen molar-refractivity contribution in [3.63, 3.8) is 0 Å². The summed E-state index contributed by atoms with van der Waals surface area (Å²) in [5.74, 6) is 1.80. The molecule has 0 radical (unpaired) electrons. The Balaban J connectivity index is 0.00000225. The van der Waals surface area contributed by atoms with E-state index in [4.69, 9.17) is 5.10 Å². The number of aromatic nitrogens is 4. The highest BCUT2D eigenvalue weighted by atomic mass is 127. The average Bonchev–Trinajstić information content (AvgIpc) is 3.17. The number of nitrogens with one attached hydrogen (secondary N) is 2. The van der Waals surface area contributed by atoms with Crippen LogP contribution in [0.15, 0.2) is 23.6 Å². The van der Waals surface area contributed by atoms with Crippen molar-refractivity contribution in [1.82, 2.24) is 30.0 Å².